The van der Waals surface area contributed by atoms with E-state index in [0.717, 1.165) is 22.9 Å². The van der Waals surface area contributed by atoms with Gasteiger partial charge in [-0.25, -0.2) is 8.78 Å². The van der Waals surface area contributed by atoms with E-state index in [1.54, 1.807) is 6.92 Å². The molecular formula is C33H45ClF2N4O2. The summed E-state index contributed by atoms with van der Waals surface area (Å²) in [7, 11) is 0. The highest BCUT2D eigenvalue weighted by Gasteiger charge is 2.44. The summed E-state index contributed by atoms with van der Waals surface area (Å²) in [5.41, 5.74) is 3.16. The van der Waals surface area contributed by atoms with E-state index < -0.39 is 17.6 Å². The van der Waals surface area contributed by atoms with Crippen LogP contribution in [0.25, 0.3) is 0 Å². The Morgan fingerprint density at radius 2 is 1.64 bits per heavy atom. The van der Waals surface area contributed by atoms with Crippen molar-refractivity contribution in [2.75, 3.05) is 44.2 Å². The van der Waals surface area contributed by atoms with Crippen molar-refractivity contribution in [3.8, 4) is 0 Å². The third-order valence-corrected chi connectivity index (χ3v) is 9.38. The van der Waals surface area contributed by atoms with E-state index in [2.05, 4.69) is 36.6 Å². The fourth-order valence-corrected chi connectivity index (χ4v) is 6.81. The molecule has 2 heterocycles. The Balaban J connectivity index is 1.56. The van der Waals surface area contributed by atoms with Crippen LogP contribution in [0.15, 0.2) is 30.3 Å². The van der Waals surface area contributed by atoms with E-state index in [9.17, 15) is 18.4 Å². The van der Waals surface area contributed by atoms with E-state index in [0.29, 0.717) is 49.9 Å². The summed E-state index contributed by atoms with van der Waals surface area (Å²) < 4.78 is 28.7. The van der Waals surface area contributed by atoms with Crippen molar-refractivity contribution in [3.63, 3.8) is 0 Å². The van der Waals surface area contributed by atoms with Crippen molar-refractivity contribution in [2.24, 2.45) is 5.92 Å². The summed E-state index contributed by atoms with van der Waals surface area (Å²) in [6, 6.07) is 7.61. The maximum Gasteiger partial charge on any atom is 0.227 e. The molecule has 42 heavy (non-hydrogen) atoms. The van der Waals surface area contributed by atoms with Gasteiger partial charge in [0.15, 0.2) is 0 Å². The molecule has 3 atom stereocenters. The predicted molar refractivity (Wildman–Crippen MR) is 165 cm³/mol. The van der Waals surface area contributed by atoms with Gasteiger partial charge in [0.1, 0.15) is 11.6 Å². The molecule has 0 aromatic heterocycles. The second-order valence-electron chi connectivity index (χ2n) is 13.1. The molecule has 0 N–H and O–H groups in total. The second kappa shape index (κ2) is 12.5. The number of halogens is 3. The molecule has 4 rings (SSSR count). The first-order valence-corrected chi connectivity index (χ1v) is 15.3. The lowest BCUT2D eigenvalue weighted by Crippen LogP contribution is -2.52. The Hall–Kier alpha value is -2.71. The first kappa shape index (κ1) is 32.2. The van der Waals surface area contributed by atoms with Gasteiger partial charge in [0.05, 0.1) is 12.0 Å². The molecule has 2 amide bonds. The van der Waals surface area contributed by atoms with Crippen LogP contribution >= 0.6 is 11.6 Å². The van der Waals surface area contributed by atoms with Crippen molar-refractivity contribution in [1.82, 2.24) is 14.7 Å². The third-order valence-electron chi connectivity index (χ3n) is 8.97. The molecule has 0 spiro atoms. The zero-order chi connectivity index (χ0) is 31.1. The maximum atomic E-state index is 14.9. The highest BCUT2D eigenvalue weighted by atomic mass is 35.5. The van der Waals surface area contributed by atoms with Gasteiger partial charge in [-0.15, -0.1) is 0 Å². The number of hydrogen-bond acceptors (Lipinski definition) is 4. The highest BCUT2D eigenvalue weighted by molar-refractivity contribution is 6.31. The van der Waals surface area contributed by atoms with Crippen LogP contribution in [-0.4, -0.2) is 77.4 Å². The molecule has 230 valence electrons. The smallest absolute Gasteiger partial charge is 0.227 e. The van der Waals surface area contributed by atoms with Gasteiger partial charge in [-0.2, -0.15) is 0 Å². The molecule has 2 aliphatic heterocycles. The standard InChI is InChI=1S/C33H45ClF2N4O2/c1-20(2)40(23(5)41)22(4)26-15-21(3)29(34)17-31(26)37-11-13-38(14-12-37)32(42)28-19-39(33(6,7)8)18-27(28)25-10-9-24(35)16-30(25)36/h9-10,15-17,20,22,27-28H,11-14,18-19H2,1-8H3/t22-,27+,28-/m1/s1. The minimum absolute atomic E-state index is 0.00761. The molecule has 0 bridgehead atoms. The lowest BCUT2D eigenvalue weighted by Gasteiger charge is -2.40. The van der Waals surface area contributed by atoms with Gasteiger partial charge in [-0.05, 0) is 77.3 Å². The number of carbonyl (C=O) groups is 2. The molecule has 0 unspecified atom stereocenters. The minimum Gasteiger partial charge on any atom is -0.368 e. The molecule has 2 fully saturated rings. The van der Waals surface area contributed by atoms with E-state index in [4.69, 9.17) is 11.6 Å². The number of likely N-dealkylation sites (tertiary alicyclic amines) is 1. The summed E-state index contributed by atoms with van der Waals surface area (Å²) in [5, 5.41) is 0.663. The SMILES string of the molecule is CC(=O)N(C(C)C)[C@H](C)c1cc(C)c(Cl)cc1N1CCN(C(=O)[C@@H]2CN(C(C)(C)C)C[C@H]2c2ccc(F)cc2F)CC1. The summed E-state index contributed by atoms with van der Waals surface area (Å²) >= 11 is 6.60. The Labute approximate surface area is 254 Å². The van der Waals surface area contributed by atoms with E-state index >= 15 is 0 Å². The average molecular weight is 603 g/mol. The number of benzene rings is 2. The number of piperazine rings is 1. The van der Waals surface area contributed by atoms with Crippen LogP contribution in [0, 0.1) is 24.5 Å². The zero-order valence-electron chi connectivity index (χ0n) is 26.2. The molecule has 6 nitrogen and oxygen atoms in total. The predicted octanol–water partition coefficient (Wildman–Crippen LogP) is 6.41. The summed E-state index contributed by atoms with van der Waals surface area (Å²) in [5.74, 6) is -1.97. The number of anilines is 1. The van der Waals surface area contributed by atoms with Gasteiger partial charge in [0.25, 0.3) is 0 Å². The Morgan fingerprint density at radius 1 is 1.00 bits per heavy atom. The van der Waals surface area contributed by atoms with E-state index in [-0.39, 0.29) is 35.4 Å². The first-order valence-electron chi connectivity index (χ1n) is 14.9. The van der Waals surface area contributed by atoms with Crippen LogP contribution in [0.3, 0.4) is 0 Å². The molecule has 0 saturated carbocycles. The van der Waals surface area contributed by atoms with Gasteiger partial charge in [-0.3, -0.25) is 14.5 Å². The average Bonchev–Trinajstić information content (AvgIpc) is 3.35. The minimum atomic E-state index is -0.620. The Morgan fingerprint density at radius 3 is 2.19 bits per heavy atom. The fourth-order valence-electron chi connectivity index (χ4n) is 6.66. The van der Waals surface area contributed by atoms with Crippen molar-refractivity contribution in [2.45, 2.75) is 78.9 Å². The van der Waals surface area contributed by atoms with Gasteiger partial charge in [0.2, 0.25) is 11.8 Å². The van der Waals surface area contributed by atoms with Gasteiger partial charge >= 0.3 is 0 Å². The summed E-state index contributed by atoms with van der Waals surface area (Å²) in [6.45, 7) is 19.2. The molecule has 2 saturated heterocycles. The normalized spacial score (nSPS) is 20.8. The largest absolute Gasteiger partial charge is 0.368 e. The monoisotopic (exact) mass is 602 g/mol. The molecule has 9 heteroatoms. The molecule has 2 aromatic carbocycles. The topological polar surface area (TPSA) is 47.1 Å². The molecular weight excluding hydrogens is 558 g/mol. The van der Waals surface area contributed by atoms with Crippen molar-refractivity contribution in [3.05, 3.63) is 63.7 Å². The molecule has 2 aliphatic rings. The number of nitrogens with zero attached hydrogens (tertiary/aromatic N) is 4. The zero-order valence-corrected chi connectivity index (χ0v) is 26.9. The fraction of sp³-hybridized carbons (Fsp3) is 0.576. The number of hydrogen-bond donors (Lipinski definition) is 0. The van der Waals surface area contributed by atoms with Crippen molar-refractivity contribution >= 4 is 29.1 Å². The van der Waals surface area contributed by atoms with Crippen LogP contribution in [0.1, 0.15) is 77.1 Å². The van der Waals surface area contributed by atoms with Gasteiger partial charge in [0, 0.05) is 80.5 Å². The highest BCUT2D eigenvalue weighted by Crippen LogP contribution is 2.40. The maximum absolute atomic E-state index is 14.9. The van der Waals surface area contributed by atoms with Crippen molar-refractivity contribution < 1.29 is 18.4 Å². The number of aryl methyl sites for hydroxylation is 1. The lowest BCUT2D eigenvalue weighted by molar-refractivity contribution is -0.136. The molecule has 0 aliphatic carbocycles. The van der Waals surface area contributed by atoms with Crippen LogP contribution in [0.5, 0.6) is 0 Å². The number of rotatable bonds is 6. The lowest BCUT2D eigenvalue weighted by atomic mass is 9.87. The van der Waals surface area contributed by atoms with E-state index in [1.807, 2.05) is 43.6 Å². The van der Waals surface area contributed by atoms with Gasteiger partial charge < -0.3 is 14.7 Å². The summed E-state index contributed by atoms with van der Waals surface area (Å²) in [6.07, 6.45) is 0. The second-order valence-corrected chi connectivity index (χ2v) is 13.5. The molecule has 0 radical (unpaired) electrons. The van der Waals surface area contributed by atoms with Crippen LogP contribution in [0.4, 0.5) is 14.5 Å². The van der Waals surface area contributed by atoms with E-state index in [1.165, 1.54) is 12.1 Å². The van der Waals surface area contributed by atoms with Crippen molar-refractivity contribution in [1.29, 1.82) is 0 Å². The van der Waals surface area contributed by atoms with Crippen LogP contribution < -0.4 is 4.90 Å². The Kier molecular flexibility index (Phi) is 9.58. The number of carbonyl (C=O) groups excluding carboxylic acids is 2. The van der Waals surface area contributed by atoms with Crippen LogP contribution in [0.2, 0.25) is 5.02 Å². The quantitative estimate of drug-likeness (QED) is 0.384. The Bertz CT molecular complexity index is 1320. The third kappa shape index (κ3) is 6.60. The number of amides is 2. The van der Waals surface area contributed by atoms with Gasteiger partial charge in [-0.1, -0.05) is 23.7 Å². The molecule has 2 aromatic rings. The summed E-state index contributed by atoms with van der Waals surface area (Å²) in [4.78, 5) is 34.8. The first-order chi connectivity index (χ1) is 19.6. The van der Waals surface area contributed by atoms with Crippen LogP contribution in [-0.2, 0) is 9.59 Å².